The van der Waals surface area contributed by atoms with Gasteiger partial charge in [-0.1, -0.05) is 12.1 Å². The summed E-state index contributed by atoms with van der Waals surface area (Å²) in [5.41, 5.74) is 4.46. The molecule has 4 atom stereocenters. The molecule has 0 bridgehead atoms. The summed E-state index contributed by atoms with van der Waals surface area (Å²) in [6, 6.07) is 13.7. The molecule has 1 saturated heterocycles. The van der Waals surface area contributed by atoms with Gasteiger partial charge < -0.3 is 19.6 Å². The van der Waals surface area contributed by atoms with Gasteiger partial charge in [0, 0.05) is 18.7 Å². The molecule has 31 heavy (non-hydrogen) atoms. The van der Waals surface area contributed by atoms with E-state index in [1.165, 1.54) is 0 Å². The molecule has 2 fully saturated rings. The van der Waals surface area contributed by atoms with E-state index in [-0.39, 0.29) is 11.9 Å². The number of nitrogens with zero attached hydrogens (tertiary/aromatic N) is 4. The number of H-pyrrole nitrogens is 1. The molecule has 6 rings (SSSR count). The van der Waals surface area contributed by atoms with Crippen LogP contribution in [-0.2, 0) is 0 Å². The molecular formula is C24H25N5O2. The van der Waals surface area contributed by atoms with Crippen LogP contribution in [0.5, 0.6) is 0 Å². The number of rotatable bonds is 2. The summed E-state index contributed by atoms with van der Waals surface area (Å²) < 4.78 is 2.12. The number of aliphatic hydroxyl groups excluding tert-OH is 1. The van der Waals surface area contributed by atoms with Crippen LogP contribution in [0.2, 0.25) is 0 Å². The Balaban J connectivity index is 1.23. The maximum absolute atomic E-state index is 13.2. The molecule has 0 spiro atoms. The van der Waals surface area contributed by atoms with Crippen molar-refractivity contribution in [3.8, 4) is 0 Å². The third-order valence-electron chi connectivity index (χ3n) is 7.08. The molecule has 158 valence electrons. The van der Waals surface area contributed by atoms with Crippen molar-refractivity contribution in [1.82, 2.24) is 24.4 Å². The number of carbonyl (C=O) groups excluding carboxylic acids is 1. The maximum atomic E-state index is 13.2. The van der Waals surface area contributed by atoms with E-state index in [2.05, 4.69) is 25.6 Å². The number of fused-ring (bicyclic) bond motifs is 3. The second-order valence-corrected chi connectivity index (χ2v) is 9.03. The lowest BCUT2D eigenvalue weighted by atomic mass is 9.77. The number of hydrogen-bond donors (Lipinski definition) is 2. The van der Waals surface area contributed by atoms with Gasteiger partial charge in [0.25, 0.3) is 5.91 Å². The van der Waals surface area contributed by atoms with E-state index in [1.54, 1.807) is 0 Å². The highest BCUT2D eigenvalue weighted by molar-refractivity contribution is 5.97. The summed E-state index contributed by atoms with van der Waals surface area (Å²) >= 11 is 0. The van der Waals surface area contributed by atoms with E-state index in [0.29, 0.717) is 30.4 Å². The number of likely N-dealkylation sites (tertiary alicyclic amines) is 1. The first-order valence-electron chi connectivity index (χ1n) is 10.9. The van der Waals surface area contributed by atoms with Gasteiger partial charge in [-0.3, -0.25) is 4.79 Å². The zero-order valence-corrected chi connectivity index (χ0v) is 17.4. The Morgan fingerprint density at radius 3 is 2.77 bits per heavy atom. The molecule has 2 N–H and O–H groups in total. The molecular weight excluding hydrogens is 390 g/mol. The molecule has 2 aromatic carbocycles. The van der Waals surface area contributed by atoms with Crippen LogP contribution >= 0.6 is 0 Å². The van der Waals surface area contributed by atoms with Crippen molar-refractivity contribution < 1.29 is 9.90 Å². The molecule has 0 radical (unpaired) electrons. The molecule has 2 aliphatic rings. The quantitative estimate of drug-likeness (QED) is 0.526. The lowest BCUT2D eigenvalue weighted by Crippen LogP contribution is -2.36. The van der Waals surface area contributed by atoms with Crippen molar-refractivity contribution in [2.45, 2.75) is 31.9 Å². The highest BCUT2D eigenvalue weighted by Gasteiger charge is 2.43. The van der Waals surface area contributed by atoms with Crippen LogP contribution in [0.4, 0.5) is 0 Å². The minimum absolute atomic E-state index is 0.00646. The number of carbonyl (C=O) groups is 1. The third-order valence-corrected chi connectivity index (χ3v) is 7.08. The van der Waals surface area contributed by atoms with Gasteiger partial charge in [0.05, 0.1) is 40.5 Å². The van der Waals surface area contributed by atoms with Gasteiger partial charge in [-0.25, -0.2) is 9.97 Å². The van der Waals surface area contributed by atoms with Crippen molar-refractivity contribution in [2.75, 3.05) is 13.1 Å². The molecule has 1 saturated carbocycles. The zero-order valence-electron chi connectivity index (χ0n) is 17.4. The number of aliphatic hydroxyl groups is 1. The van der Waals surface area contributed by atoms with E-state index in [0.717, 1.165) is 40.9 Å². The molecule has 2 aromatic heterocycles. The fraction of sp³-hybridized carbons (Fsp3) is 0.375. The van der Waals surface area contributed by atoms with E-state index in [4.69, 9.17) is 0 Å². The van der Waals surface area contributed by atoms with E-state index >= 15 is 0 Å². The highest BCUT2D eigenvalue weighted by Crippen LogP contribution is 2.42. The standard InChI is InChI=1S/C24H25N5O2/c1-14-26-18-7-6-15(8-20(18)27-14)24(31)28-11-16-9-22(23(30)10-17(16)12-28)29-13-25-19-4-2-3-5-21(19)29/h2-8,13,16-17,22-23,30H,9-12H2,1H3,(H,26,27)/t16-,17+,22-,23-/m1/s1. The molecule has 7 heteroatoms. The average molecular weight is 415 g/mol. The maximum Gasteiger partial charge on any atom is 0.253 e. The Kier molecular flexibility index (Phi) is 4.14. The predicted octanol–water partition coefficient (Wildman–Crippen LogP) is 3.31. The number of benzene rings is 2. The molecule has 0 unspecified atom stereocenters. The summed E-state index contributed by atoms with van der Waals surface area (Å²) in [6.07, 6.45) is 2.98. The minimum atomic E-state index is -0.432. The predicted molar refractivity (Wildman–Crippen MR) is 118 cm³/mol. The highest BCUT2D eigenvalue weighted by atomic mass is 16.3. The van der Waals surface area contributed by atoms with Gasteiger partial charge in [0.1, 0.15) is 5.82 Å². The van der Waals surface area contributed by atoms with Crippen LogP contribution in [-0.4, -0.2) is 54.6 Å². The summed E-state index contributed by atoms with van der Waals surface area (Å²) in [4.78, 5) is 27.3. The summed E-state index contributed by atoms with van der Waals surface area (Å²) in [7, 11) is 0. The molecule has 4 aromatic rings. The van der Waals surface area contributed by atoms with E-state index < -0.39 is 6.10 Å². The third kappa shape index (κ3) is 3.03. The van der Waals surface area contributed by atoms with Gasteiger partial charge in [-0.05, 0) is 61.9 Å². The minimum Gasteiger partial charge on any atom is -0.391 e. The lowest BCUT2D eigenvalue weighted by Gasteiger charge is -2.36. The monoisotopic (exact) mass is 415 g/mol. The topological polar surface area (TPSA) is 87.0 Å². The van der Waals surface area contributed by atoms with Crippen LogP contribution in [0.25, 0.3) is 22.1 Å². The average Bonchev–Trinajstić information content (AvgIpc) is 3.47. The number of aryl methyl sites for hydroxylation is 1. The zero-order chi connectivity index (χ0) is 21.1. The normalized spacial score (nSPS) is 25.9. The van der Waals surface area contributed by atoms with Crippen molar-refractivity contribution in [1.29, 1.82) is 0 Å². The molecule has 1 aliphatic heterocycles. The Morgan fingerprint density at radius 1 is 1.10 bits per heavy atom. The smallest absolute Gasteiger partial charge is 0.253 e. The Morgan fingerprint density at radius 2 is 1.90 bits per heavy atom. The number of nitrogens with one attached hydrogen (secondary N) is 1. The van der Waals surface area contributed by atoms with Crippen molar-refractivity contribution in [2.24, 2.45) is 11.8 Å². The van der Waals surface area contributed by atoms with Crippen molar-refractivity contribution in [3.63, 3.8) is 0 Å². The molecule has 7 nitrogen and oxygen atoms in total. The first kappa shape index (κ1) is 18.6. The second kappa shape index (κ2) is 6.92. The van der Waals surface area contributed by atoms with Crippen molar-refractivity contribution in [3.05, 3.63) is 60.2 Å². The van der Waals surface area contributed by atoms with Crippen LogP contribution in [0, 0.1) is 18.8 Å². The summed E-state index contributed by atoms with van der Waals surface area (Å²) in [5.74, 6) is 1.63. The van der Waals surface area contributed by atoms with E-state index in [1.807, 2.05) is 54.5 Å². The van der Waals surface area contributed by atoms with Gasteiger partial charge in [-0.15, -0.1) is 0 Å². The van der Waals surface area contributed by atoms with Crippen LogP contribution in [0.1, 0.15) is 35.1 Å². The van der Waals surface area contributed by atoms with Crippen molar-refractivity contribution >= 4 is 28.0 Å². The van der Waals surface area contributed by atoms with Gasteiger partial charge in [0.15, 0.2) is 0 Å². The van der Waals surface area contributed by atoms with Gasteiger partial charge in [0.2, 0.25) is 0 Å². The van der Waals surface area contributed by atoms with Crippen LogP contribution < -0.4 is 0 Å². The number of amides is 1. The number of para-hydroxylation sites is 2. The number of hydrogen-bond acceptors (Lipinski definition) is 4. The number of aromatic nitrogens is 4. The Labute approximate surface area is 179 Å². The second-order valence-electron chi connectivity index (χ2n) is 9.03. The summed E-state index contributed by atoms with van der Waals surface area (Å²) in [6.45, 7) is 3.36. The summed E-state index contributed by atoms with van der Waals surface area (Å²) in [5, 5.41) is 10.9. The SMILES string of the molecule is Cc1nc2ccc(C(=O)N3C[C@H]4C[C@@H](n5cnc6ccccc65)[C@H](O)C[C@H]4C3)cc2[nH]1. The largest absolute Gasteiger partial charge is 0.391 e. The Hall–Kier alpha value is -3.19. The van der Waals surface area contributed by atoms with Crippen LogP contribution in [0.15, 0.2) is 48.8 Å². The molecule has 1 aliphatic carbocycles. The van der Waals surface area contributed by atoms with Gasteiger partial charge >= 0.3 is 0 Å². The molecule has 3 heterocycles. The number of aromatic amines is 1. The van der Waals surface area contributed by atoms with Gasteiger partial charge in [-0.2, -0.15) is 0 Å². The first-order valence-corrected chi connectivity index (χ1v) is 10.9. The molecule has 1 amide bonds. The van der Waals surface area contributed by atoms with Crippen LogP contribution in [0.3, 0.4) is 0 Å². The fourth-order valence-electron chi connectivity index (χ4n) is 5.57. The first-order chi connectivity index (χ1) is 15.1. The lowest BCUT2D eigenvalue weighted by molar-refractivity contribution is 0.0374. The van der Waals surface area contributed by atoms with E-state index in [9.17, 15) is 9.90 Å². The fourth-order valence-corrected chi connectivity index (χ4v) is 5.57. The Bertz CT molecular complexity index is 1290. The number of imidazole rings is 2.